The molecule has 96 valence electrons. The summed E-state index contributed by atoms with van der Waals surface area (Å²) in [5, 5.41) is 12.0. The molecule has 0 fully saturated rings. The summed E-state index contributed by atoms with van der Waals surface area (Å²) in [7, 11) is 0. The minimum Gasteiger partial charge on any atom is -0.396 e. The summed E-state index contributed by atoms with van der Waals surface area (Å²) < 4.78 is 1.04. The highest BCUT2D eigenvalue weighted by atomic mass is 79.9. The minimum atomic E-state index is 0.0795. The van der Waals surface area contributed by atoms with E-state index in [2.05, 4.69) is 26.2 Å². The maximum absolute atomic E-state index is 8.77. The maximum Gasteiger partial charge on any atom is 0.149 e. The van der Waals surface area contributed by atoms with Crippen molar-refractivity contribution in [1.82, 2.24) is 4.98 Å². The smallest absolute Gasteiger partial charge is 0.149 e. The van der Waals surface area contributed by atoms with E-state index in [0.29, 0.717) is 17.1 Å². The fourth-order valence-electron chi connectivity index (χ4n) is 1.70. The van der Waals surface area contributed by atoms with Crippen molar-refractivity contribution in [3.8, 4) is 6.07 Å². The first-order valence-corrected chi connectivity index (χ1v) is 6.57. The molecule has 0 saturated carbocycles. The van der Waals surface area contributed by atoms with E-state index in [9.17, 15) is 0 Å². The molecule has 0 aliphatic carbocycles. The van der Waals surface area contributed by atoms with E-state index in [4.69, 9.17) is 11.0 Å². The lowest BCUT2D eigenvalue weighted by Crippen LogP contribution is -2.10. The zero-order chi connectivity index (χ0) is 13.8. The van der Waals surface area contributed by atoms with Gasteiger partial charge >= 0.3 is 0 Å². The third-order valence-corrected chi connectivity index (χ3v) is 3.30. The van der Waals surface area contributed by atoms with Crippen LogP contribution in [0.5, 0.6) is 0 Å². The number of aromatic nitrogens is 1. The van der Waals surface area contributed by atoms with E-state index in [-0.39, 0.29) is 6.04 Å². The van der Waals surface area contributed by atoms with Crippen LogP contribution in [0.4, 0.5) is 11.5 Å². The first kappa shape index (κ1) is 13.4. The Hall–Kier alpha value is -2.06. The second-order valence-corrected chi connectivity index (χ2v) is 5.11. The number of nitrogens with one attached hydrogen (secondary N) is 1. The molecule has 0 bridgehead atoms. The Bertz CT molecular complexity index is 616. The minimum absolute atomic E-state index is 0.0795. The van der Waals surface area contributed by atoms with Gasteiger partial charge in [-0.3, -0.25) is 0 Å². The van der Waals surface area contributed by atoms with Gasteiger partial charge in [0.1, 0.15) is 11.9 Å². The summed E-state index contributed by atoms with van der Waals surface area (Å²) in [6, 6.07) is 11.7. The molecule has 0 amide bonds. The Labute approximate surface area is 120 Å². The van der Waals surface area contributed by atoms with Gasteiger partial charge in [-0.1, -0.05) is 28.1 Å². The molecule has 1 aromatic heterocycles. The number of hydrogen-bond acceptors (Lipinski definition) is 4. The molecule has 1 aromatic carbocycles. The molecule has 2 aromatic rings. The van der Waals surface area contributed by atoms with Gasteiger partial charge in [-0.25, -0.2) is 4.98 Å². The molecule has 0 radical (unpaired) electrons. The van der Waals surface area contributed by atoms with Crippen LogP contribution in [0.2, 0.25) is 0 Å². The summed E-state index contributed by atoms with van der Waals surface area (Å²) in [6.45, 7) is 2.03. The zero-order valence-electron chi connectivity index (χ0n) is 10.4. The van der Waals surface area contributed by atoms with Gasteiger partial charge in [0.05, 0.1) is 17.3 Å². The highest BCUT2D eigenvalue weighted by molar-refractivity contribution is 9.10. The van der Waals surface area contributed by atoms with Crippen LogP contribution in [0.1, 0.15) is 24.1 Å². The highest BCUT2D eigenvalue weighted by Gasteiger charge is 2.08. The summed E-state index contributed by atoms with van der Waals surface area (Å²) in [6.07, 6.45) is 1.51. The zero-order valence-corrected chi connectivity index (χ0v) is 12.0. The van der Waals surface area contributed by atoms with E-state index >= 15 is 0 Å². The van der Waals surface area contributed by atoms with Crippen molar-refractivity contribution >= 4 is 27.4 Å². The molecule has 1 heterocycles. The van der Waals surface area contributed by atoms with Crippen molar-refractivity contribution in [2.75, 3.05) is 11.1 Å². The van der Waals surface area contributed by atoms with E-state index in [1.807, 2.05) is 37.3 Å². The predicted molar refractivity (Wildman–Crippen MR) is 79.5 cm³/mol. The standard InChI is InChI=1S/C14H13BrN4/c1-9(11-2-4-12(15)5-3-11)19-14-13(17)6-10(7-16)8-18-14/h2-6,8-9H,17H2,1H3,(H,18,19). The molecule has 3 N–H and O–H groups in total. The van der Waals surface area contributed by atoms with Crippen molar-refractivity contribution in [3.63, 3.8) is 0 Å². The second-order valence-electron chi connectivity index (χ2n) is 4.19. The quantitative estimate of drug-likeness (QED) is 0.909. The summed E-state index contributed by atoms with van der Waals surface area (Å²) >= 11 is 3.41. The molecule has 4 nitrogen and oxygen atoms in total. The van der Waals surface area contributed by atoms with Crippen molar-refractivity contribution in [3.05, 3.63) is 52.1 Å². The largest absolute Gasteiger partial charge is 0.396 e. The second kappa shape index (κ2) is 5.72. The number of nitrogens with zero attached hydrogens (tertiary/aromatic N) is 2. The molecule has 2 rings (SSSR count). The highest BCUT2D eigenvalue weighted by Crippen LogP contribution is 2.23. The average molecular weight is 317 g/mol. The van der Waals surface area contributed by atoms with Crippen LogP contribution < -0.4 is 11.1 Å². The molecule has 0 aliphatic rings. The third-order valence-electron chi connectivity index (χ3n) is 2.77. The van der Waals surface area contributed by atoms with Crippen LogP contribution in [0, 0.1) is 11.3 Å². The van der Waals surface area contributed by atoms with Crippen molar-refractivity contribution in [2.24, 2.45) is 0 Å². The van der Waals surface area contributed by atoms with Gasteiger partial charge in [-0.15, -0.1) is 0 Å². The Morgan fingerprint density at radius 2 is 2.05 bits per heavy atom. The molecule has 0 aliphatic heterocycles. The van der Waals surface area contributed by atoms with Gasteiger partial charge in [0, 0.05) is 10.7 Å². The van der Waals surface area contributed by atoms with Gasteiger partial charge < -0.3 is 11.1 Å². The van der Waals surface area contributed by atoms with Crippen LogP contribution >= 0.6 is 15.9 Å². The number of nitrogen functional groups attached to an aromatic ring is 1. The van der Waals surface area contributed by atoms with Gasteiger partial charge in [0.2, 0.25) is 0 Å². The fourth-order valence-corrected chi connectivity index (χ4v) is 1.97. The van der Waals surface area contributed by atoms with Crippen LogP contribution in [-0.2, 0) is 0 Å². The third kappa shape index (κ3) is 3.24. The lowest BCUT2D eigenvalue weighted by atomic mass is 10.1. The number of nitriles is 1. The lowest BCUT2D eigenvalue weighted by molar-refractivity contribution is 0.875. The van der Waals surface area contributed by atoms with Crippen LogP contribution in [0.15, 0.2) is 41.0 Å². The summed E-state index contributed by atoms with van der Waals surface area (Å²) in [4.78, 5) is 4.16. The molecule has 0 spiro atoms. The summed E-state index contributed by atoms with van der Waals surface area (Å²) in [5.41, 5.74) is 7.93. The lowest BCUT2D eigenvalue weighted by Gasteiger charge is -2.16. The van der Waals surface area contributed by atoms with Gasteiger partial charge in [0.25, 0.3) is 0 Å². The summed E-state index contributed by atoms with van der Waals surface area (Å²) in [5.74, 6) is 0.592. The monoisotopic (exact) mass is 316 g/mol. The molecule has 5 heteroatoms. The van der Waals surface area contributed by atoms with E-state index in [1.165, 1.54) is 6.20 Å². The normalized spacial score (nSPS) is 11.6. The number of hydrogen-bond donors (Lipinski definition) is 2. The molecular weight excluding hydrogens is 304 g/mol. The topological polar surface area (TPSA) is 74.7 Å². The number of halogens is 1. The van der Waals surface area contributed by atoms with Crippen molar-refractivity contribution in [1.29, 1.82) is 5.26 Å². The molecule has 1 atom stereocenters. The van der Waals surface area contributed by atoms with E-state index < -0.39 is 0 Å². The average Bonchev–Trinajstić information content (AvgIpc) is 2.41. The van der Waals surface area contributed by atoms with Crippen molar-refractivity contribution < 1.29 is 0 Å². The van der Waals surface area contributed by atoms with E-state index in [1.54, 1.807) is 6.07 Å². The fraction of sp³-hybridized carbons (Fsp3) is 0.143. The van der Waals surface area contributed by atoms with Gasteiger partial charge in [-0.2, -0.15) is 5.26 Å². The number of pyridine rings is 1. The number of benzene rings is 1. The number of anilines is 2. The molecule has 0 saturated heterocycles. The number of rotatable bonds is 3. The Kier molecular flexibility index (Phi) is 4.03. The first-order valence-electron chi connectivity index (χ1n) is 5.78. The number of nitrogens with two attached hydrogens (primary N) is 1. The van der Waals surface area contributed by atoms with Crippen molar-refractivity contribution in [2.45, 2.75) is 13.0 Å². The SMILES string of the molecule is CC(Nc1ncc(C#N)cc1N)c1ccc(Br)cc1. The Balaban J connectivity index is 2.17. The first-order chi connectivity index (χ1) is 9.10. The molecular formula is C14H13BrN4. The van der Waals surface area contributed by atoms with Gasteiger partial charge in [-0.05, 0) is 30.7 Å². The van der Waals surface area contributed by atoms with Crippen LogP contribution in [0.25, 0.3) is 0 Å². The maximum atomic E-state index is 8.77. The van der Waals surface area contributed by atoms with Gasteiger partial charge in [0.15, 0.2) is 0 Å². The van der Waals surface area contributed by atoms with Crippen LogP contribution in [-0.4, -0.2) is 4.98 Å². The predicted octanol–water partition coefficient (Wildman–Crippen LogP) is 3.47. The molecule has 1 unspecified atom stereocenters. The Morgan fingerprint density at radius 3 is 2.63 bits per heavy atom. The Morgan fingerprint density at radius 1 is 1.37 bits per heavy atom. The molecule has 19 heavy (non-hydrogen) atoms. The van der Waals surface area contributed by atoms with Crippen LogP contribution in [0.3, 0.4) is 0 Å². The van der Waals surface area contributed by atoms with E-state index in [0.717, 1.165) is 10.0 Å².